The van der Waals surface area contributed by atoms with E-state index in [9.17, 15) is 23.3 Å². The van der Waals surface area contributed by atoms with Gasteiger partial charge in [-0.15, -0.1) is 0 Å². The second-order valence-electron chi connectivity index (χ2n) is 6.01. The molecule has 8 nitrogen and oxygen atoms in total. The summed E-state index contributed by atoms with van der Waals surface area (Å²) >= 11 is 11.9. The molecule has 0 radical (unpaired) electrons. The summed E-state index contributed by atoms with van der Waals surface area (Å²) in [5, 5.41) is 14.0. The van der Waals surface area contributed by atoms with Gasteiger partial charge in [0.2, 0.25) is 0 Å². The number of hydrogen-bond donors (Lipinski definition) is 2. The molecule has 0 spiro atoms. The van der Waals surface area contributed by atoms with Crippen molar-refractivity contribution in [3.63, 3.8) is 0 Å². The molecule has 0 fully saturated rings. The number of sulfonamides is 1. The lowest BCUT2D eigenvalue weighted by Gasteiger charge is -2.13. The zero-order valence-corrected chi connectivity index (χ0v) is 17.3. The highest BCUT2D eigenvalue weighted by molar-refractivity contribution is 7.92. The molecular weight excluding hydrogens is 453 g/mol. The number of nitro groups is 1. The molecule has 0 aliphatic heterocycles. The van der Waals surface area contributed by atoms with Crippen molar-refractivity contribution in [2.24, 2.45) is 0 Å². The Bertz CT molecular complexity index is 1210. The van der Waals surface area contributed by atoms with E-state index in [-0.39, 0.29) is 21.8 Å². The number of carbonyl (C=O) groups is 1. The monoisotopic (exact) mass is 465 g/mol. The van der Waals surface area contributed by atoms with Crippen molar-refractivity contribution in [3.05, 3.63) is 92.5 Å². The third-order valence-electron chi connectivity index (χ3n) is 3.89. The number of carbonyl (C=O) groups excluding carboxylic acids is 1. The minimum Gasteiger partial charge on any atom is -0.322 e. The Morgan fingerprint density at radius 2 is 1.53 bits per heavy atom. The molecule has 3 aromatic carbocycles. The maximum absolute atomic E-state index is 12.7. The van der Waals surface area contributed by atoms with Crippen molar-refractivity contribution >= 4 is 56.2 Å². The fourth-order valence-electron chi connectivity index (χ4n) is 2.55. The van der Waals surface area contributed by atoms with Gasteiger partial charge in [0.25, 0.3) is 21.6 Å². The lowest BCUT2D eigenvalue weighted by atomic mass is 10.1. The molecular formula is C19H13Cl2N3O5S. The van der Waals surface area contributed by atoms with Crippen LogP contribution in [0.25, 0.3) is 0 Å². The minimum atomic E-state index is -4.09. The topological polar surface area (TPSA) is 118 Å². The Morgan fingerprint density at radius 3 is 2.13 bits per heavy atom. The zero-order valence-electron chi connectivity index (χ0n) is 15.0. The molecule has 1 amide bonds. The fourth-order valence-corrected chi connectivity index (χ4v) is 4.15. The van der Waals surface area contributed by atoms with Crippen LogP contribution in [0.2, 0.25) is 10.0 Å². The SMILES string of the molecule is O=C(Nc1cc(Cl)cc(Cl)c1)c1ccccc1NS(=O)(=O)c1ccc([N+](=O)[O-])cc1. The number of rotatable bonds is 6. The van der Waals surface area contributed by atoms with Crippen LogP contribution >= 0.6 is 23.2 Å². The van der Waals surface area contributed by atoms with E-state index in [1.807, 2.05) is 0 Å². The predicted molar refractivity (Wildman–Crippen MR) is 115 cm³/mol. The molecule has 0 unspecified atom stereocenters. The summed E-state index contributed by atoms with van der Waals surface area (Å²) in [7, 11) is -4.09. The molecule has 0 saturated heterocycles. The van der Waals surface area contributed by atoms with E-state index >= 15 is 0 Å². The van der Waals surface area contributed by atoms with Crippen molar-refractivity contribution in [2.45, 2.75) is 4.90 Å². The molecule has 0 aliphatic rings. The van der Waals surface area contributed by atoms with Crippen molar-refractivity contribution < 1.29 is 18.1 Å². The highest BCUT2D eigenvalue weighted by atomic mass is 35.5. The summed E-state index contributed by atoms with van der Waals surface area (Å²) in [6, 6.07) is 14.9. The van der Waals surface area contributed by atoms with Crippen molar-refractivity contribution in [1.29, 1.82) is 0 Å². The molecule has 3 aromatic rings. The van der Waals surface area contributed by atoms with Crippen LogP contribution in [0.4, 0.5) is 17.1 Å². The second kappa shape index (κ2) is 8.70. The molecule has 0 heterocycles. The van der Waals surface area contributed by atoms with Crippen LogP contribution in [0, 0.1) is 10.1 Å². The second-order valence-corrected chi connectivity index (χ2v) is 8.57. The summed E-state index contributed by atoms with van der Waals surface area (Å²) in [4.78, 5) is 22.6. The van der Waals surface area contributed by atoms with E-state index in [1.165, 1.54) is 30.3 Å². The first-order valence-electron chi connectivity index (χ1n) is 8.29. The van der Waals surface area contributed by atoms with Crippen LogP contribution in [0.1, 0.15) is 10.4 Å². The van der Waals surface area contributed by atoms with E-state index in [1.54, 1.807) is 12.1 Å². The van der Waals surface area contributed by atoms with Gasteiger partial charge in [-0.25, -0.2) is 8.42 Å². The Morgan fingerprint density at radius 1 is 0.933 bits per heavy atom. The van der Waals surface area contributed by atoms with E-state index in [4.69, 9.17) is 23.2 Å². The predicted octanol–water partition coefficient (Wildman–Crippen LogP) is 4.95. The first kappa shape index (κ1) is 21.6. The molecule has 30 heavy (non-hydrogen) atoms. The van der Waals surface area contributed by atoms with Gasteiger partial charge in [0.05, 0.1) is 21.1 Å². The number of anilines is 2. The third-order valence-corrected chi connectivity index (χ3v) is 5.71. The number of nitro benzene ring substituents is 1. The van der Waals surface area contributed by atoms with Gasteiger partial charge in [0.1, 0.15) is 0 Å². The van der Waals surface area contributed by atoms with Gasteiger partial charge >= 0.3 is 0 Å². The minimum absolute atomic E-state index is 0.0291. The molecule has 0 atom stereocenters. The first-order chi connectivity index (χ1) is 14.2. The van der Waals surface area contributed by atoms with Crippen LogP contribution < -0.4 is 10.0 Å². The Kier molecular flexibility index (Phi) is 6.25. The number of nitrogens with zero attached hydrogens (tertiary/aromatic N) is 1. The smallest absolute Gasteiger partial charge is 0.269 e. The van der Waals surface area contributed by atoms with Gasteiger partial charge in [-0.2, -0.15) is 0 Å². The number of halogens is 2. The molecule has 0 aromatic heterocycles. The van der Waals surface area contributed by atoms with Crippen LogP contribution in [0.5, 0.6) is 0 Å². The largest absolute Gasteiger partial charge is 0.322 e. The van der Waals surface area contributed by atoms with E-state index in [0.29, 0.717) is 15.7 Å². The highest BCUT2D eigenvalue weighted by Gasteiger charge is 2.20. The molecule has 3 rings (SSSR count). The van der Waals surface area contributed by atoms with E-state index in [2.05, 4.69) is 10.0 Å². The van der Waals surface area contributed by atoms with E-state index in [0.717, 1.165) is 24.3 Å². The van der Waals surface area contributed by atoms with Gasteiger partial charge in [0.15, 0.2) is 0 Å². The molecule has 154 valence electrons. The average Bonchev–Trinajstić information content (AvgIpc) is 2.67. The van der Waals surface area contributed by atoms with Crippen LogP contribution in [-0.2, 0) is 10.0 Å². The highest BCUT2D eigenvalue weighted by Crippen LogP contribution is 2.25. The van der Waals surface area contributed by atoms with Gasteiger partial charge in [-0.05, 0) is 42.5 Å². The standard InChI is InChI=1S/C19H13Cl2N3O5S/c20-12-9-13(21)11-14(10-12)22-19(25)17-3-1-2-4-18(17)23-30(28,29)16-7-5-15(6-8-16)24(26)27/h1-11,23H,(H,22,25). The Labute approximate surface area is 181 Å². The number of hydrogen-bond acceptors (Lipinski definition) is 5. The lowest BCUT2D eigenvalue weighted by molar-refractivity contribution is -0.384. The third kappa shape index (κ3) is 5.07. The molecule has 2 N–H and O–H groups in total. The van der Waals surface area contributed by atoms with E-state index < -0.39 is 20.9 Å². The Balaban J connectivity index is 1.87. The summed E-state index contributed by atoms with van der Waals surface area (Å²) in [5.41, 5.74) is 0.181. The summed E-state index contributed by atoms with van der Waals surface area (Å²) < 4.78 is 27.6. The number of non-ortho nitro benzene ring substituents is 1. The summed E-state index contributed by atoms with van der Waals surface area (Å²) in [5.74, 6) is -0.588. The molecule has 11 heteroatoms. The number of para-hydroxylation sites is 1. The number of nitrogens with one attached hydrogen (secondary N) is 2. The normalized spacial score (nSPS) is 11.0. The quantitative estimate of drug-likeness (QED) is 0.394. The summed E-state index contributed by atoms with van der Waals surface area (Å²) in [6.07, 6.45) is 0. The molecule has 0 aliphatic carbocycles. The number of amides is 1. The first-order valence-corrected chi connectivity index (χ1v) is 10.5. The van der Waals surface area contributed by atoms with Gasteiger partial charge < -0.3 is 5.32 Å². The average molecular weight is 466 g/mol. The molecule has 0 bridgehead atoms. The van der Waals surface area contributed by atoms with Crippen molar-refractivity contribution in [2.75, 3.05) is 10.0 Å². The fraction of sp³-hybridized carbons (Fsp3) is 0. The van der Waals surface area contributed by atoms with Crippen molar-refractivity contribution in [3.8, 4) is 0 Å². The Hall–Kier alpha value is -3.14. The number of benzene rings is 3. The lowest BCUT2D eigenvalue weighted by Crippen LogP contribution is -2.18. The summed E-state index contributed by atoms with van der Waals surface area (Å²) in [6.45, 7) is 0. The maximum atomic E-state index is 12.7. The van der Waals surface area contributed by atoms with Gasteiger partial charge in [-0.1, -0.05) is 35.3 Å². The van der Waals surface area contributed by atoms with Crippen LogP contribution in [-0.4, -0.2) is 19.2 Å². The molecule has 0 saturated carbocycles. The maximum Gasteiger partial charge on any atom is 0.269 e. The van der Waals surface area contributed by atoms with Gasteiger partial charge in [0, 0.05) is 27.9 Å². The van der Waals surface area contributed by atoms with Gasteiger partial charge in [-0.3, -0.25) is 19.6 Å². The zero-order chi connectivity index (χ0) is 21.9. The van der Waals surface area contributed by atoms with Crippen LogP contribution in [0.15, 0.2) is 71.6 Å². The van der Waals surface area contributed by atoms with Crippen molar-refractivity contribution in [1.82, 2.24) is 0 Å². The van der Waals surface area contributed by atoms with Crippen LogP contribution in [0.3, 0.4) is 0 Å².